The van der Waals surface area contributed by atoms with Crippen molar-refractivity contribution in [3.8, 4) is 0 Å². The molecule has 1 aliphatic heterocycles. The molecule has 0 aliphatic carbocycles. The summed E-state index contributed by atoms with van der Waals surface area (Å²) in [5, 5.41) is 2.31. The number of methoxy groups -OCH3 is 1. The zero-order chi connectivity index (χ0) is 13.9. The Balaban J connectivity index is 2.01. The molecule has 0 saturated carbocycles. The van der Waals surface area contributed by atoms with Gasteiger partial charge in [0.2, 0.25) is 0 Å². The molecule has 1 fully saturated rings. The van der Waals surface area contributed by atoms with Crippen LogP contribution in [-0.4, -0.2) is 25.8 Å². The van der Waals surface area contributed by atoms with Crippen LogP contribution >= 0.6 is 0 Å². The van der Waals surface area contributed by atoms with E-state index < -0.39 is 0 Å². The number of esters is 1. The van der Waals surface area contributed by atoms with E-state index in [4.69, 9.17) is 9.47 Å². The minimum atomic E-state index is -0.327. The molecule has 3 rings (SSSR count). The molecule has 2 aromatic carbocycles. The topological polar surface area (TPSA) is 35.5 Å². The number of fused-ring (bicyclic) bond motifs is 1. The Hall–Kier alpha value is -1.87. The van der Waals surface area contributed by atoms with E-state index >= 15 is 0 Å². The van der Waals surface area contributed by atoms with Crippen LogP contribution < -0.4 is 0 Å². The van der Waals surface area contributed by atoms with E-state index in [1.807, 2.05) is 18.2 Å². The van der Waals surface area contributed by atoms with Gasteiger partial charge in [-0.1, -0.05) is 42.5 Å². The van der Waals surface area contributed by atoms with Gasteiger partial charge in [-0.15, -0.1) is 0 Å². The second kappa shape index (κ2) is 5.63. The summed E-state index contributed by atoms with van der Waals surface area (Å²) in [6.07, 6.45) is 1.85. The molecule has 0 radical (unpaired) electrons. The minimum Gasteiger partial charge on any atom is -0.468 e. The van der Waals surface area contributed by atoms with Crippen LogP contribution in [0.2, 0.25) is 0 Å². The van der Waals surface area contributed by atoms with Crippen molar-refractivity contribution >= 4 is 16.7 Å². The highest BCUT2D eigenvalue weighted by Gasteiger charge is 2.33. The zero-order valence-corrected chi connectivity index (χ0v) is 11.5. The van der Waals surface area contributed by atoms with Crippen LogP contribution in [0.1, 0.15) is 24.3 Å². The van der Waals surface area contributed by atoms with E-state index in [1.54, 1.807) is 0 Å². The molecule has 1 aliphatic rings. The summed E-state index contributed by atoms with van der Waals surface area (Å²) in [7, 11) is 1.44. The SMILES string of the molecule is COC(=O)[C@@H](c1ccc2ccccc2c1)[C@H]1CCCO1. The number of ether oxygens (including phenoxy) is 2. The molecule has 1 heterocycles. The van der Waals surface area contributed by atoms with Crippen LogP contribution in [0, 0.1) is 0 Å². The third-order valence-electron chi connectivity index (χ3n) is 3.92. The molecule has 2 atom stereocenters. The number of rotatable bonds is 3. The van der Waals surface area contributed by atoms with Crippen LogP contribution in [0.3, 0.4) is 0 Å². The number of benzene rings is 2. The second-order valence-corrected chi connectivity index (χ2v) is 5.16. The number of hydrogen-bond donors (Lipinski definition) is 0. The van der Waals surface area contributed by atoms with Crippen molar-refractivity contribution in [1.29, 1.82) is 0 Å². The van der Waals surface area contributed by atoms with Crippen LogP contribution in [-0.2, 0) is 14.3 Å². The Bertz CT molecular complexity index is 614. The predicted octanol–water partition coefficient (Wildman–Crippen LogP) is 3.28. The fourth-order valence-electron chi connectivity index (χ4n) is 2.90. The van der Waals surface area contributed by atoms with Gasteiger partial charge in [0.05, 0.1) is 13.2 Å². The summed E-state index contributed by atoms with van der Waals surface area (Å²) in [5.74, 6) is -0.542. The van der Waals surface area contributed by atoms with Crippen molar-refractivity contribution in [1.82, 2.24) is 0 Å². The summed E-state index contributed by atoms with van der Waals surface area (Å²) in [5.41, 5.74) is 0.974. The van der Waals surface area contributed by atoms with Crippen LogP contribution in [0.5, 0.6) is 0 Å². The zero-order valence-electron chi connectivity index (χ0n) is 11.5. The van der Waals surface area contributed by atoms with E-state index in [0.29, 0.717) is 0 Å². The summed E-state index contributed by atoms with van der Waals surface area (Å²) in [6.45, 7) is 0.728. The van der Waals surface area contributed by atoms with E-state index in [9.17, 15) is 4.79 Å². The Morgan fingerprint density at radius 2 is 2.05 bits per heavy atom. The average molecular weight is 270 g/mol. The van der Waals surface area contributed by atoms with Gasteiger partial charge in [0.25, 0.3) is 0 Å². The van der Waals surface area contributed by atoms with Gasteiger partial charge in [-0.2, -0.15) is 0 Å². The smallest absolute Gasteiger partial charge is 0.315 e. The van der Waals surface area contributed by atoms with Crippen LogP contribution in [0.4, 0.5) is 0 Å². The largest absolute Gasteiger partial charge is 0.468 e. The van der Waals surface area contributed by atoms with Gasteiger partial charge in [0.1, 0.15) is 5.92 Å². The molecule has 0 spiro atoms. The fourth-order valence-corrected chi connectivity index (χ4v) is 2.90. The Labute approximate surface area is 118 Å². The van der Waals surface area contributed by atoms with Crippen molar-refractivity contribution in [3.05, 3.63) is 48.0 Å². The maximum Gasteiger partial charge on any atom is 0.315 e. The van der Waals surface area contributed by atoms with Crippen LogP contribution in [0.25, 0.3) is 10.8 Å². The fraction of sp³-hybridized carbons (Fsp3) is 0.353. The highest BCUT2D eigenvalue weighted by molar-refractivity contribution is 5.86. The van der Waals surface area contributed by atoms with Crippen molar-refractivity contribution in [2.75, 3.05) is 13.7 Å². The standard InChI is InChI=1S/C17H18O3/c1-19-17(18)16(15-7-4-10-20-15)14-9-8-12-5-2-3-6-13(12)11-14/h2-3,5-6,8-9,11,15-16H,4,7,10H2,1H3/t15-,16+/m1/s1. The normalized spacial score (nSPS) is 19.9. The van der Waals surface area contributed by atoms with E-state index in [2.05, 4.69) is 24.3 Å². The first-order valence-electron chi connectivity index (χ1n) is 6.98. The summed E-state index contributed by atoms with van der Waals surface area (Å²) < 4.78 is 10.7. The van der Waals surface area contributed by atoms with Crippen molar-refractivity contribution in [2.24, 2.45) is 0 Å². The maximum atomic E-state index is 12.1. The third kappa shape index (κ3) is 2.41. The summed E-state index contributed by atoms with van der Waals surface area (Å²) in [6, 6.07) is 14.3. The van der Waals surface area contributed by atoms with Crippen LogP contribution in [0.15, 0.2) is 42.5 Å². The van der Waals surface area contributed by atoms with Crippen molar-refractivity contribution in [3.63, 3.8) is 0 Å². The number of hydrogen-bond acceptors (Lipinski definition) is 3. The molecule has 0 amide bonds. The van der Waals surface area contributed by atoms with Gasteiger partial charge in [-0.3, -0.25) is 4.79 Å². The maximum absolute atomic E-state index is 12.1. The predicted molar refractivity (Wildman–Crippen MR) is 77.7 cm³/mol. The lowest BCUT2D eigenvalue weighted by Gasteiger charge is -2.21. The summed E-state index contributed by atoms with van der Waals surface area (Å²) in [4.78, 5) is 12.1. The first-order valence-corrected chi connectivity index (χ1v) is 6.98. The van der Waals surface area contributed by atoms with Crippen molar-refractivity contribution in [2.45, 2.75) is 24.9 Å². The second-order valence-electron chi connectivity index (χ2n) is 5.16. The molecule has 0 N–H and O–H groups in total. The highest BCUT2D eigenvalue weighted by atomic mass is 16.5. The number of carbonyl (C=O) groups excluding carboxylic acids is 1. The molecule has 0 bridgehead atoms. The Kier molecular flexibility index (Phi) is 3.70. The summed E-state index contributed by atoms with van der Waals surface area (Å²) >= 11 is 0. The first kappa shape index (κ1) is 13.1. The number of carbonyl (C=O) groups is 1. The molecule has 104 valence electrons. The molecular weight excluding hydrogens is 252 g/mol. The molecule has 1 saturated heterocycles. The third-order valence-corrected chi connectivity index (χ3v) is 3.92. The van der Waals surface area contributed by atoms with Gasteiger partial charge in [-0.25, -0.2) is 0 Å². The van der Waals surface area contributed by atoms with Gasteiger partial charge in [-0.05, 0) is 29.2 Å². The molecule has 0 unspecified atom stereocenters. The minimum absolute atomic E-state index is 0.0661. The Morgan fingerprint density at radius 3 is 2.75 bits per heavy atom. The molecule has 2 aromatic rings. The lowest BCUT2D eigenvalue weighted by molar-refractivity contribution is -0.145. The lowest BCUT2D eigenvalue weighted by Crippen LogP contribution is -2.26. The lowest BCUT2D eigenvalue weighted by atomic mass is 9.90. The monoisotopic (exact) mass is 270 g/mol. The molecule has 20 heavy (non-hydrogen) atoms. The van der Waals surface area contributed by atoms with Crippen molar-refractivity contribution < 1.29 is 14.3 Å². The van der Waals surface area contributed by atoms with Gasteiger partial charge in [0, 0.05) is 6.61 Å². The molecule has 0 aromatic heterocycles. The molecular formula is C17H18O3. The van der Waals surface area contributed by atoms with E-state index in [1.165, 1.54) is 12.5 Å². The van der Waals surface area contributed by atoms with Gasteiger partial charge < -0.3 is 9.47 Å². The van der Waals surface area contributed by atoms with Gasteiger partial charge >= 0.3 is 5.97 Å². The molecule has 3 nitrogen and oxygen atoms in total. The van der Waals surface area contributed by atoms with E-state index in [-0.39, 0.29) is 18.0 Å². The first-order chi connectivity index (χ1) is 9.79. The van der Waals surface area contributed by atoms with Gasteiger partial charge in [0.15, 0.2) is 0 Å². The average Bonchev–Trinajstić information content (AvgIpc) is 3.01. The Morgan fingerprint density at radius 1 is 1.25 bits per heavy atom. The molecule has 3 heteroatoms. The quantitative estimate of drug-likeness (QED) is 0.803. The highest BCUT2D eigenvalue weighted by Crippen LogP contribution is 2.31. The van der Waals surface area contributed by atoms with E-state index in [0.717, 1.165) is 30.4 Å².